The van der Waals surface area contributed by atoms with Gasteiger partial charge in [-0.15, -0.1) is 0 Å². The molecule has 2 aromatic rings. The Hall–Kier alpha value is -3.29. The topological polar surface area (TPSA) is 101 Å². The third-order valence-electron chi connectivity index (χ3n) is 3.98. The lowest BCUT2D eigenvalue weighted by molar-refractivity contribution is -0.119. The number of pyridine rings is 1. The molecule has 8 heteroatoms. The van der Waals surface area contributed by atoms with Gasteiger partial charge in [0.25, 0.3) is 5.91 Å². The standard InChI is InChI=1S/C18H18FN5O2/c19-12-4-6-14(7-5-12)24-16(17(20)25)11-15(23-24)18(26)22-10-8-13-3-1-2-9-21-13/h1-7,9,16H,8,10-11H2,(H2,20,25)(H,22,26). The quantitative estimate of drug-likeness (QED) is 0.807. The van der Waals surface area contributed by atoms with Crippen molar-refractivity contribution in [3.63, 3.8) is 0 Å². The van der Waals surface area contributed by atoms with Gasteiger partial charge in [0.2, 0.25) is 5.91 Å². The lowest BCUT2D eigenvalue weighted by Crippen LogP contribution is -2.40. The lowest BCUT2D eigenvalue weighted by atomic mass is 10.1. The zero-order valence-electron chi connectivity index (χ0n) is 13.9. The molecular formula is C18H18FN5O2. The van der Waals surface area contributed by atoms with Crippen molar-refractivity contribution in [3.05, 3.63) is 60.2 Å². The molecule has 0 radical (unpaired) electrons. The summed E-state index contributed by atoms with van der Waals surface area (Å²) in [6, 6.07) is 10.3. The Bertz CT molecular complexity index is 823. The van der Waals surface area contributed by atoms with Crippen LogP contribution in [0.25, 0.3) is 0 Å². The van der Waals surface area contributed by atoms with Crippen molar-refractivity contribution >= 4 is 23.2 Å². The van der Waals surface area contributed by atoms with Gasteiger partial charge in [-0.1, -0.05) is 6.07 Å². The van der Waals surface area contributed by atoms with Crippen molar-refractivity contribution in [1.29, 1.82) is 0 Å². The van der Waals surface area contributed by atoms with Crippen molar-refractivity contribution in [3.8, 4) is 0 Å². The minimum atomic E-state index is -0.781. The first-order valence-electron chi connectivity index (χ1n) is 8.14. The highest BCUT2D eigenvalue weighted by Crippen LogP contribution is 2.24. The number of benzene rings is 1. The van der Waals surface area contributed by atoms with Gasteiger partial charge in [-0.05, 0) is 36.4 Å². The Morgan fingerprint density at radius 1 is 1.23 bits per heavy atom. The van der Waals surface area contributed by atoms with Crippen molar-refractivity contribution in [1.82, 2.24) is 10.3 Å². The molecule has 134 valence electrons. The predicted molar refractivity (Wildman–Crippen MR) is 94.9 cm³/mol. The zero-order valence-corrected chi connectivity index (χ0v) is 13.9. The third-order valence-corrected chi connectivity index (χ3v) is 3.98. The Morgan fingerprint density at radius 3 is 2.65 bits per heavy atom. The van der Waals surface area contributed by atoms with Crippen LogP contribution in [0, 0.1) is 5.82 Å². The van der Waals surface area contributed by atoms with Crippen molar-refractivity contribution in [2.24, 2.45) is 10.8 Å². The summed E-state index contributed by atoms with van der Waals surface area (Å²) in [5.41, 5.74) is 6.99. The fourth-order valence-electron chi connectivity index (χ4n) is 2.65. The minimum Gasteiger partial charge on any atom is -0.368 e. The summed E-state index contributed by atoms with van der Waals surface area (Å²) in [5.74, 6) is -1.37. The van der Waals surface area contributed by atoms with Crippen LogP contribution in [0.1, 0.15) is 12.1 Å². The monoisotopic (exact) mass is 355 g/mol. The highest BCUT2D eigenvalue weighted by molar-refractivity contribution is 6.40. The molecule has 0 saturated carbocycles. The first kappa shape index (κ1) is 17.5. The van der Waals surface area contributed by atoms with Gasteiger partial charge in [0.05, 0.1) is 5.69 Å². The number of amides is 2. The average molecular weight is 355 g/mol. The molecule has 0 fully saturated rings. The van der Waals surface area contributed by atoms with Gasteiger partial charge >= 0.3 is 0 Å². The van der Waals surface area contributed by atoms with E-state index in [1.165, 1.54) is 29.3 Å². The van der Waals surface area contributed by atoms with Crippen LogP contribution in [-0.4, -0.2) is 35.1 Å². The van der Waals surface area contributed by atoms with Crippen LogP contribution >= 0.6 is 0 Å². The molecule has 2 amide bonds. The molecule has 0 aliphatic carbocycles. The number of nitrogens with one attached hydrogen (secondary N) is 1. The summed E-state index contributed by atoms with van der Waals surface area (Å²) in [7, 11) is 0. The molecule has 3 rings (SSSR count). The molecular weight excluding hydrogens is 337 g/mol. The molecule has 1 aromatic carbocycles. The van der Waals surface area contributed by atoms with E-state index in [-0.39, 0.29) is 18.0 Å². The van der Waals surface area contributed by atoms with Crippen molar-refractivity contribution < 1.29 is 14.0 Å². The summed E-state index contributed by atoms with van der Waals surface area (Å²) < 4.78 is 13.1. The van der Waals surface area contributed by atoms with Crippen LogP contribution in [0.15, 0.2) is 53.8 Å². The van der Waals surface area contributed by atoms with E-state index >= 15 is 0 Å². The van der Waals surface area contributed by atoms with Crippen molar-refractivity contribution in [2.45, 2.75) is 18.9 Å². The van der Waals surface area contributed by atoms with E-state index in [4.69, 9.17) is 5.73 Å². The van der Waals surface area contributed by atoms with Crippen LogP contribution in [0.5, 0.6) is 0 Å². The maximum absolute atomic E-state index is 13.1. The number of hydrazone groups is 1. The maximum Gasteiger partial charge on any atom is 0.267 e. The van der Waals surface area contributed by atoms with Crippen LogP contribution in [0.3, 0.4) is 0 Å². The van der Waals surface area contributed by atoms with E-state index in [0.29, 0.717) is 18.7 Å². The van der Waals surface area contributed by atoms with Gasteiger partial charge in [0.1, 0.15) is 17.6 Å². The zero-order chi connectivity index (χ0) is 18.5. The third kappa shape index (κ3) is 4.02. The number of nitrogens with zero attached hydrogens (tertiary/aromatic N) is 3. The van der Waals surface area contributed by atoms with Gasteiger partial charge < -0.3 is 11.1 Å². The number of anilines is 1. The number of aromatic nitrogens is 1. The fraction of sp³-hybridized carbons (Fsp3) is 0.222. The van der Waals surface area contributed by atoms with E-state index in [2.05, 4.69) is 15.4 Å². The highest BCUT2D eigenvalue weighted by Gasteiger charge is 2.34. The summed E-state index contributed by atoms with van der Waals surface area (Å²) in [6.45, 7) is 0.395. The Labute approximate surface area is 149 Å². The molecule has 1 atom stereocenters. The fourth-order valence-corrected chi connectivity index (χ4v) is 2.65. The van der Waals surface area contributed by atoms with Crippen molar-refractivity contribution in [2.75, 3.05) is 11.6 Å². The summed E-state index contributed by atoms with van der Waals surface area (Å²) in [6.07, 6.45) is 2.37. The first-order valence-corrected chi connectivity index (χ1v) is 8.14. The SMILES string of the molecule is NC(=O)C1CC(C(=O)NCCc2ccccn2)=NN1c1ccc(F)cc1. The second-order valence-corrected chi connectivity index (χ2v) is 5.82. The second-order valence-electron chi connectivity index (χ2n) is 5.82. The summed E-state index contributed by atoms with van der Waals surface area (Å²) >= 11 is 0. The highest BCUT2D eigenvalue weighted by atomic mass is 19.1. The Morgan fingerprint density at radius 2 is 2.00 bits per heavy atom. The number of carbonyl (C=O) groups excluding carboxylic acids is 2. The molecule has 26 heavy (non-hydrogen) atoms. The van der Waals surface area contributed by atoms with Gasteiger partial charge in [0, 0.05) is 31.3 Å². The van der Waals surface area contributed by atoms with Crippen LogP contribution in [0.4, 0.5) is 10.1 Å². The number of halogens is 1. The number of carbonyl (C=O) groups is 2. The minimum absolute atomic E-state index is 0.0993. The molecule has 3 N–H and O–H groups in total. The molecule has 0 bridgehead atoms. The number of nitrogens with two attached hydrogens (primary N) is 1. The van der Waals surface area contributed by atoms with E-state index < -0.39 is 17.8 Å². The second kappa shape index (κ2) is 7.73. The van der Waals surface area contributed by atoms with Gasteiger partial charge in [0.15, 0.2) is 0 Å². The maximum atomic E-state index is 13.1. The van der Waals surface area contributed by atoms with E-state index in [1.807, 2.05) is 18.2 Å². The molecule has 7 nitrogen and oxygen atoms in total. The number of rotatable bonds is 6. The predicted octanol–water partition coefficient (Wildman–Crippen LogP) is 1.000. The summed E-state index contributed by atoms with van der Waals surface area (Å²) in [5, 5.41) is 8.34. The molecule has 1 aromatic heterocycles. The largest absolute Gasteiger partial charge is 0.368 e. The normalized spacial score (nSPS) is 16.3. The van der Waals surface area contributed by atoms with Crippen LogP contribution in [0.2, 0.25) is 0 Å². The number of hydrogen-bond donors (Lipinski definition) is 2. The molecule has 2 heterocycles. The molecule has 0 saturated heterocycles. The Kier molecular flexibility index (Phi) is 5.21. The van der Waals surface area contributed by atoms with Gasteiger partial charge in [-0.3, -0.25) is 19.6 Å². The smallest absolute Gasteiger partial charge is 0.267 e. The Balaban J connectivity index is 1.66. The molecule has 1 aliphatic heterocycles. The van der Waals surface area contributed by atoms with Gasteiger partial charge in [-0.2, -0.15) is 5.10 Å². The average Bonchev–Trinajstić information content (AvgIpc) is 3.09. The van der Waals surface area contributed by atoms with E-state index in [9.17, 15) is 14.0 Å². The molecule has 1 unspecified atom stereocenters. The van der Waals surface area contributed by atoms with E-state index in [1.54, 1.807) is 6.20 Å². The van der Waals surface area contributed by atoms with Crippen LogP contribution < -0.4 is 16.1 Å². The van der Waals surface area contributed by atoms with Crippen LogP contribution in [-0.2, 0) is 16.0 Å². The number of hydrogen-bond acceptors (Lipinski definition) is 5. The first-order chi connectivity index (χ1) is 12.5. The summed E-state index contributed by atoms with van der Waals surface area (Å²) in [4.78, 5) is 28.2. The lowest BCUT2D eigenvalue weighted by Gasteiger charge is -2.20. The molecule has 0 spiro atoms. The molecule has 1 aliphatic rings. The number of primary amides is 1. The van der Waals surface area contributed by atoms with E-state index in [0.717, 1.165) is 5.69 Å². The van der Waals surface area contributed by atoms with Gasteiger partial charge in [-0.25, -0.2) is 4.39 Å².